The molecule has 0 bridgehead atoms. The Bertz CT molecular complexity index is 1370. The third kappa shape index (κ3) is 6.18. The van der Waals surface area contributed by atoms with Crippen molar-refractivity contribution in [3.8, 4) is 23.0 Å². The van der Waals surface area contributed by atoms with Crippen molar-refractivity contribution in [1.29, 1.82) is 0 Å². The summed E-state index contributed by atoms with van der Waals surface area (Å²) in [7, 11) is -2.73. The van der Waals surface area contributed by atoms with Gasteiger partial charge in [0.2, 0.25) is 11.8 Å². The monoisotopic (exact) mass is 580 g/mol. The highest BCUT2D eigenvalue weighted by Crippen LogP contribution is 2.35. The van der Waals surface area contributed by atoms with Crippen LogP contribution in [0.5, 0.6) is 11.9 Å². The molecule has 0 radical (unpaired) electrons. The maximum absolute atomic E-state index is 13.0. The van der Waals surface area contributed by atoms with Crippen LogP contribution in [-0.2, 0) is 10.2 Å². The fourth-order valence-corrected chi connectivity index (χ4v) is 4.04. The van der Waals surface area contributed by atoms with E-state index in [1.54, 1.807) is 42.7 Å². The van der Waals surface area contributed by atoms with Crippen molar-refractivity contribution in [3.63, 3.8) is 0 Å². The van der Waals surface area contributed by atoms with Gasteiger partial charge in [0.25, 0.3) is 0 Å². The Labute approximate surface area is 214 Å². The van der Waals surface area contributed by atoms with Gasteiger partial charge in [-0.2, -0.15) is 8.42 Å². The largest absolute Gasteiger partial charge is 0.473 e. The van der Waals surface area contributed by atoms with E-state index in [-0.39, 0.29) is 36.8 Å². The summed E-state index contributed by atoms with van der Waals surface area (Å²) in [6.07, 6.45) is 5.69. The molecule has 0 amide bonds. The van der Waals surface area contributed by atoms with Crippen LogP contribution in [0.25, 0.3) is 11.1 Å². The molecule has 0 saturated heterocycles. The summed E-state index contributed by atoms with van der Waals surface area (Å²) in [5, 5.41) is 0.510. The van der Waals surface area contributed by atoms with Gasteiger partial charge < -0.3 is 13.9 Å². The Morgan fingerprint density at radius 1 is 1.06 bits per heavy atom. The van der Waals surface area contributed by atoms with E-state index in [0.29, 0.717) is 16.1 Å². The van der Waals surface area contributed by atoms with Crippen LogP contribution in [0, 0.1) is 0 Å². The average molecular weight is 582 g/mol. The Hall–Kier alpha value is -3.42. The van der Waals surface area contributed by atoms with Gasteiger partial charge in [-0.15, -0.1) is 0 Å². The van der Waals surface area contributed by atoms with Gasteiger partial charge in [-0.3, -0.25) is 0 Å². The SMILES string of the molecule is CN(c1ccco1)S(=O)(=O)Nc1ncnc(OCCOc2ncc(Br)cn2)c1-c1ccc(Cl)cc1. The highest BCUT2D eigenvalue weighted by atomic mass is 79.9. The molecule has 0 saturated carbocycles. The van der Waals surface area contributed by atoms with E-state index in [4.69, 9.17) is 25.5 Å². The molecule has 0 spiro atoms. The Kier molecular flexibility index (Phi) is 7.68. The zero-order valence-electron chi connectivity index (χ0n) is 18.1. The Morgan fingerprint density at radius 3 is 2.46 bits per heavy atom. The number of nitrogens with zero attached hydrogens (tertiary/aromatic N) is 5. The molecule has 3 heterocycles. The number of nitrogens with one attached hydrogen (secondary N) is 1. The van der Waals surface area contributed by atoms with Crippen molar-refractivity contribution in [3.05, 3.63) is 70.9 Å². The molecule has 4 rings (SSSR count). The highest BCUT2D eigenvalue weighted by molar-refractivity contribution is 9.10. The van der Waals surface area contributed by atoms with Crippen LogP contribution < -0.4 is 18.5 Å². The molecular weight excluding hydrogens is 564 g/mol. The molecule has 0 aliphatic carbocycles. The van der Waals surface area contributed by atoms with Crippen LogP contribution in [0.3, 0.4) is 0 Å². The molecular formula is C21H18BrClN6O5S. The Balaban J connectivity index is 1.58. The fourth-order valence-electron chi connectivity index (χ4n) is 2.84. The average Bonchev–Trinajstić information content (AvgIpc) is 3.38. The fraction of sp³-hybridized carbons (Fsp3) is 0.143. The number of furan rings is 1. The number of ether oxygens (including phenoxy) is 2. The summed E-state index contributed by atoms with van der Waals surface area (Å²) in [6.45, 7) is 0.198. The third-order valence-corrected chi connectivity index (χ3v) is 6.51. The van der Waals surface area contributed by atoms with E-state index in [0.717, 1.165) is 8.78 Å². The van der Waals surface area contributed by atoms with Crippen molar-refractivity contribution in [2.75, 3.05) is 29.3 Å². The molecule has 0 atom stereocenters. The van der Waals surface area contributed by atoms with E-state index < -0.39 is 10.2 Å². The minimum atomic E-state index is -4.08. The summed E-state index contributed by atoms with van der Waals surface area (Å²) >= 11 is 9.29. The van der Waals surface area contributed by atoms with Gasteiger partial charge in [0.15, 0.2) is 5.82 Å². The van der Waals surface area contributed by atoms with Gasteiger partial charge in [-0.25, -0.2) is 29.0 Å². The van der Waals surface area contributed by atoms with Crippen molar-refractivity contribution in [2.45, 2.75) is 0 Å². The second kappa shape index (κ2) is 10.9. The summed E-state index contributed by atoms with van der Waals surface area (Å²) in [5.41, 5.74) is 0.904. The van der Waals surface area contributed by atoms with Gasteiger partial charge in [0.1, 0.15) is 19.5 Å². The number of anilines is 2. The molecule has 0 unspecified atom stereocenters. The molecule has 35 heavy (non-hydrogen) atoms. The minimum Gasteiger partial charge on any atom is -0.473 e. The zero-order chi connectivity index (χ0) is 24.8. The van der Waals surface area contributed by atoms with Gasteiger partial charge in [-0.05, 0) is 39.7 Å². The van der Waals surface area contributed by atoms with E-state index in [1.807, 2.05) is 0 Å². The minimum absolute atomic E-state index is 0.00731. The standard InChI is InChI=1S/C21H18BrClN6O5S/c1-29(17-3-2-8-32-17)35(30,31)28-19-18(14-4-6-16(23)7-5-14)20(27-13-26-19)33-9-10-34-21-24-11-15(22)12-25-21/h2-8,11-13H,9-10H2,1H3,(H,26,27,28). The molecule has 0 aliphatic heterocycles. The lowest BCUT2D eigenvalue weighted by molar-refractivity contribution is 0.202. The molecule has 0 fully saturated rings. The second-order valence-corrected chi connectivity index (χ2v) is 9.87. The molecule has 14 heteroatoms. The number of hydrogen-bond acceptors (Lipinski definition) is 9. The van der Waals surface area contributed by atoms with E-state index in [2.05, 4.69) is 40.6 Å². The first-order chi connectivity index (χ1) is 16.8. The van der Waals surface area contributed by atoms with Crippen LogP contribution in [0.4, 0.5) is 11.7 Å². The van der Waals surface area contributed by atoms with Crippen LogP contribution in [-0.4, -0.2) is 48.6 Å². The second-order valence-electron chi connectivity index (χ2n) is 6.82. The van der Waals surface area contributed by atoms with Gasteiger partial charge in [-0.1, -0.05) is 23.7 Å². The number of hydrogen-bond donors (Lipinski definition) is 1. The predicted molar refractivity (Wildman–Crippen MR) is 133 cm³/mol. The first kappa shape index (κ1) is 24.7. The number of benzene rings is 1. The summed E-state index contributed by atoms with van der Waals surface area (Å²) < 4.78 is 46.6. The lowest BCUT2D eigenvalue weighted by atomic mass is 10.1. The lowest BCUT2D eigenvalue weighted by Gasteiger charge is -2.19. The quantitative estimate of drug-likeness (QED) is 0.274. The van der Waals surface area contributed by atoms with Crippen molar-refractivity contribution < 1.29 is 22.3 Å². The predicted octanol–water partition coefficient (Wildman–Crippen LogP) is 4.19. The normalized spacial score (nSPS) is 11.2. The third-order valence-electron chi connectivity index (χ3n) is 4.50. The van der Waals surface area contributed by atoms with Gasteiger partial charge in [0, 0.05) is 30.5 Å². The number of halogens is 2. The lowest BCUT2D eigenvalue weighted by Crippen LogP contribution is -2.32. The molecule has 3 aromatic heterocycles. The van der Waals surface area contributed by atoms with Crippen LogP contribution in [0.2, 0.25) is 5.02 Å². The zero-order valence-corrected chi connectivity index (χ0v) is 21.3. The van der Waals surface area contributed by atoms with Crippen molar-refractivity contribution in [1.82, 2.24) is 19.9 Å². The highest BCUT2D eigenvalue weighted by Gasteiger charge is 2.25. The molecule has 1 N–H and O–H groups in total. The van der Waals surface area contributed by atoms with Gasteiger partial charge in [0.05, 0.1) is 16.3 Å². The van der Waals surface area contributed by atoms with Crippen molar-refractivity contribution >= 4 is 49.4 Å². The van der Waals surface area contributed by atoms with Crippen LogP contribution >= 0.6 is 27.5 Å². The van der Waals surface area contributed by atoms with Crippen LogP contribution in [0.1, 0.15) is 0 Å². The van der Waals surface area contributed by atoms with Crippen molar-refractivity contribution in [2.24, 2.45) is 0 Å². The Morgan fingerprint density at radius 2 is 1.77 bits per heavy atom. The van der Waals surface area contributed by atoms with Gasteiger partial charge >= 0.3 is 16.2 Å². The van der Waals surface area contributed by atoms with E-state index >= 15 is 0 Å². The van der Waals surface area contributed by atoms with E-state index in [9.17, 15) is 8.42 Å². The first-order valence-electron chi connectivity index (χ1n) is 9.98. The van der Waals surface area contributed by atoms with E-state index in [1.165, 1.54) is 25.7 Å². The molecule has 182 valence electrons. The topological polar surface area (TPSA) is 133 Å². The maximum Gasteiger partial charge on any atom is 0.327 e. The molecule has 0 aliphatic rings. The number of rotatable bonds is 10. The molecule has 1 aromatic carbocycles. The summed E-state index contributed by atoms with van der Waals surface area (Å²) in [5.74, 6) is 0.275. The number of aromatic nitrogens is 4. The smallest absolute Gasteiger partial charge is 0.327 e. The van der Waals surface area contributed by atoms with Crippen LogP contribution in [0.15, 0.2) is 70.3 Å². The maximum atomic E-state index is 13.0. The summed E-state index contributed by atoms with van der Waals surface area (Å²) in [4.78, 5) is 16.4. The first-order valence-corrected chi connectivity index (χ1v) is 12.6. The molecule has 11 nitrogen and oxygen atoms in total. The molecule has 4 aromatic rings. The summed E-state index contributed by atoms with van der Waals surface area (Å²) in [6, 6.07) is 10.0.